The van der Waals surface area contributed by atoms with E-state index in [0.29, 0.717) is 29.0 Å². The van der Waals surface area contributed by atoms with E-state index in [0.717, 1.165) is 55.2 Å². The molecule has 0 amide bonds. The third kappa shape index (κ3) is 6.98. The maximum absolute atomic E-state index is 6.00. The van der Waals surface area contributed by atoms with E-state index < -0.39 is 0 Å². The van der Waals surface area contributed by atoms with Gasteiger partial charge in [-0.15, -0.1) is 0 Å². The summed E-state index contributed by atoms with van der Waals surface area (Å²) in [5.41, 5.74) is 2.02. The molecule has 0 bridgehead atoms. The first kappa shape index (κ1) is 23.1. The summed E-state index contributed by atoms with van der Waals surface area (Å²) in [6.07, 6.45) is 7.76. The van der Waals surface area contributed by atoms with E-state index in [1.807, 2.05) is 19.1 Å². The summed E-state index contributed by atoms with van der Waals surface area (Å²) in [7, 11) is 0. The van der Waals surface area contributed by atoms with Gasteiger partial charge in [0.15, 0.2) is 0 Å². The lowest BCUT2D eigenvalue weighted by molar-refractivity contribution is 0.217. The second kappa shape index (κ2) is 11.7. The van der Waals surface area contributed by atoms with Crippen molar-refractivity contribution in [2.24, 2.45) is 0 Å². The van der Waals surface area contributed by atoms with Crippen molar-refractivity contribution in [3.05, 3.63) is 46.0 Å². The van der Waals surface area contributed by atoms with Gasteiger partial charge in [0.1, 0.15) is 35.0 Å². The van der Waals surface area contributed by atoms with E-state index in [1.165, 1.54) is 12.8 Å². The normalized spacial score (nSPS) is 19.7. The van der Waals surface area contributed by atoms with Gasteiger partial charge in [-0.1, -0.05) is 36.5 Å². The first-order valence-corrected chi connectivity index (χ1v) is 11.3. The molecule has 0 aliphatic carbocycles. The molecule has 2 aromatic heterocycles. The standard InChI is InChI=1S/C12H17ClN2O.C10H13ClN2O/c1-2-3-9-6-11(7-15-12(9)13)16-8-10-4-5-14-10;1-7-4-9(5-13-10(7)11)14-6-8-2-3-12-8/h6-7,10,14H,2-5,8H2,1H3;4-5,8,12H,2-3,6H2,1H3/t10-;/m0./s1. The van der Waals surface area contributed by atoms with Crippen LogP contribution < -0.4 is 20.1 Å². The van der Waals surface area contributed by atoms with Crippen molar-refractivity contribution in [3.63, 3.8) is 0 Å². The van der Waals surface area contributed by atoms with Crippen LogP contribution in [0.2, 0.25) is 10.3 Å². The highest BCUT2D eigenvalue weighted by Gasteiger charge is 2.17. The Morgan fingerprint density at radius 1 is 0.933 bits per heavy atom. The van der Waals surface area contributed by atoms with E-state index in [2.05, 4.69) is 27.5 Å². The van der Waals surface area contributed by atoms with Gasteiger partial charge in [-0.05, 0) is 62.5 Å². The van der Waals surface area contributed by atoms with Gasteiger partial charge in [-0.25, -0.2) is 9.97 Å². The average Bonchev–Trinajstić information content (AvgIpc) is 2.65. The zero-order valence-electron chi connectivity index (χ0n) is 17.6. The largest absolute Gasteiger partial charge is 0.490 e. The fourth-order valence-corrected chi connectivity index (χ4v) is 3.28. The zero-order valence-corrected chi connectivity index (χ0v) is 19.1. The van der Waals surface area contributed by atoms with Gasteiger partial charge in [0.05, 0.1) is 12.4 Å². The predicted molar refractivity (Wildman–Crippen MR) is 121 cm³/mol. The fraction of sp³-hybridized carbons (Fsp3) is 0.545. The SMILES string of the molecule is CCCc1cc(OC[C@@H]2CCN2)cnc1Cl.Cc1cc(OCC2CCN2)cnc1Cl. The summed E-state index contributed by atoms with van der Waals surface area (Å²) in [5, 5.41) is 7.70. The van der Waals surface area contributed by atoms with Crippen molar-refractivity contribution in [1.82, 2.24) is 20.6 Å². The van der Waals surface area contributed by atoms with Crippen LogP contribution >= 0.6 is 23.2 Å². The third-order valence-corrected chi connectivity index (χ3v) is 5.89. The van der Waals surface area contributed by atoms with Crippen molar-refractivity contribution in [3.8, 4) is 11.5 Å². The molecular weight excluding hydrogens is 423 g/mol. The van der Waals surface area contributed by atoms with Gasteiger partial charge in [0.2, 0.25) is 0 Å². The lowest BCUT2D eigenvalue weighted by atomic mass is 10.1. The molecule has 2 aliphatic heterocycles. The molecular formula is C22H30Cl2N4O2. The molecule has 8 heteroatoms. The van der Waals surface area contributed by atoms with E-state index >= 15 is 0 Å². The molecule has 30 heavy (non-hydrogen) atoms. The summed E-state index contributed by atoms with van der Waals surface area (Å²) >= 11 is 11.8. The van der Waals surface area contributed by atoms with Crippen molar-refractivity contribution in [2.75, 3.05) is 26.3 Å². The molecule has 0 aromatic carbocycles. The van der Waals surface area contributed by atoms with Crippen LogP contribution in [0.1, 0.15) is 37.3 Å². The van der Waals surface area contributed by atoms with Crippen molar-refractivity contribution in [2.45, 2.75) is 51.6 Å². The van der Waals surface area contributed by atoms with Gasteiger partial charge in [-0.2, -0.15) is 0 Å². The highest BCUT2D eigenvalue weighted by molar-refractivity contribution is 6.30. The van der Waals surface area contributed by atoms with Crippen LogP contribution in [0.4, 0.5) is 0 Å². The minimum atomic E-state index is 0.505. The lowest BCUT2D eigenvalue weighted by Crippen LogP contribution is -2.46. The Bertz CT molecular complexity index is 814. The summed E-state index contributed by atoms with van der Waals surface area (Å²) in [6.45, 7) is 7.68. The summed E-state index contributed by atoms with van der Waals surface area (Å²) in [4.78, 5) is 8.16. The Balaban J connectivity index is 0.000000172. The van der Waals surface area contributed by atoms with Crippen LogP contribution in [0.3, 0.4) is 0 Å². The minimum Gasteiger partial charge on any atom is -0.490 e. The number of aromatic nitrogens is 2. The molecule has 0 saturated carbocycles. The highest BCUT2D eigenvalue weighted by Crippen LogP contribution is 2.21. The van der Waals surface area contributed by atoms with Crippen molar-refractivity contribution < 1.29 is 9.47 Å². The Labute approximate surface area is 188 Å². The predicted octanol–water partition coefficient (Wildman–Crippen LogP) is 4.21. The third-order valence-electron chi connectivity index (χ3n) is 5.15. The first-order valence-electron chi connectivity index (χ1n) is 10.5. The summed E-state index contributed by atoms with van der Waals surface area (Å²) in [6, 6.07) is 4.92. The van der Waals surface area contributed by atoms with E-state index in [4.69, 9.17) is 32.7 Å². The lowest BCUT2D eigenvalue weighted by Gasteiger charge is -2.27. The smallest absolute Gasteiger partial charge is 0.138 e. The second-order valence-corrected chi connectivity index (χ2v) is 8.37. The molecule has 1 unspecified atom stereocenters. The van der Waals surface area contributed by atoms with Gasteiger partial charge < -0.3 is 20.1 Å². The molecule has 0 spiro atoms. The minimum absolute atomic E-state index is 0.505. The highest BCUT2D eigenvalue weighted by atomic mass is 35.5. The summed E-state index contributed by atoms with van der Waals surface area (Å²) < 4.78 is 11.2. The number of nitrogens with zero attached hydrogens (tertiary/aromatic N) is 2. The molecule has 2 fully saturated rings. The van der Waals surface area contributed by atoms with Gasteiger partial charge in [0, 0.05) is 12.1 Å². The van der Waals surface area contributed by atoms with Crippen LogP contribution in [0.15, 0.2) is 24.5 Å². The van der Waals surface area contributed by atoms with Crippen LogP contribution in [0.25, 0.3) is 0 Å². The molecule has 6 nitrogen and oxygen atoms in total. The van der Waals surface area contributed by atoms with Crippen molar-refractivity contribution in [1.29, 1.82) is 0 Å². The fourth-order valence-electron chi connectivity index (χ4n) is 2.98. The Hall–Kier alpha value is -1.60. The second-order valence-electron chi connectivity index (χ2n) is 7.65. The molecule has 2 aliphatic rings. The molecule has 2 N–H and O–H groups in total. The Morgan fingerprint density at radius 2 is 1.47 bits per heavy atom. The van der Waals surface area contributed by atoms with Crippen LogP contribution in [0.5, 0.6) is 11.5 Å². The molecule has 2 aromatic rings. The van der Waals surface area contributed by atoms with Crippen molar-refractivity contribution >= 4 is 23.2 Å². The molecule has 2 saturated heterocycles. The molecule has 0 radical (unpaired) electrons. The van der Waals surface area contributed by atoms with Crippen LogP contribution in [0, 0.1) is 6.92 Å². The maximum Gasteiger partial charge on any atom is 0.138 e. The van der Waals surface area contributed by atoms with E-state index in [9.17, 15) is 0 Å². The molecule has 4 rings (SSSR count). The van der Waals surface area contributed by atoms with Gasteiger partial charge >= 0.3 is 0 Å². The Kier molecular flexibility index (Phi) is 9.00. The first-order chi connectivity index (χ1) is 14.5. The number of nitrogens with one attached hydrogen (secondary N) is 2. The number of hydrogen-bond donors (Lipinski definition) is 2. The van der Waals surface area contributed by atoms with Crippen LogP contribution in [-0.2, 0) is 6.42 Å². The number of pyridine rings is 2. The Morgan fingerprint density at radius 3 is 1.93 bits per heavy atom. The monoisotopic (exact) mass is 452 g/mol. The maximum atomic E-state index is 6.00. The quantitative estimate of drug-likeness (QED) is 0.584. The molecule has 4 heterocycles. The average molecular weight is 453 g/mol. The molecule has 2 atom stereocenters. The number of ether oxygens (including phenoxy) is 2. The molecule has 164 valence electrons. The zero-order chi connectivity index (χ0) is 21.3. The number of rotatable bonds is 8. The van der Waals surface area contributed by atoms with Gasteiger partial charge in [0.25, 0.3) is 0 Å². The van der Waals surface area contributed by atoms with E-state index in [-0.39, 0.29) is 0 Å². The number of aryl methyl sites for hydroxylation is 2. The topological polar surface area (TPSA) is 68.3 Å². The van der Waals surface area contributed by atoms with E-state index in [1.54, 1.807) is 12.4 Å². The van der Waals surface area contributed by atoms with Crippen LogP contribution in [-0.4, -0.2) is 48.4 Å². The number of halogens is 2. The van der Waals surface area contributed by atoms with Gasteiger partial charge in [-0.3, -0.25) is 0 Å². The summed E-state index contributed by atoms with van der Waals surface area (Å²) in [5.74, 6) is 1.61. The number of hydrogen-bond acceptors (Lipinski definition) is 6.